The highest BCUT2D eigenvalue weighted by Gasteiger charge is 2.43. The molecule has 2 unspecified atom stereocenters. The second-order valence-electron chi connectivity index (χ2n) is 4.99. The first-order valence-electron chi connectivity index (χ1n) is 6.31. The Bertz CT molecular complexity index is 216. The largest absolute Gasteiger partial charge is 0.466 e. The number of carbonyl (C=O) groups excluding carboxylic acids is 1. The van der Waals surface area contributed by atoms with Gasteiger partial charge in [0.25, 0.3) is 0 Å². The molecule has 0 aliphatic rings. The van der Waals surface area contributed by atoms with Gasteiger partial charge in [-0.3, -0.25) is 4.79 Å². The highest BCUT2D eigenvalue weighted by atomic mass is 16.5. The lowest BCUT2D eigenvalue weighted by Crippen LogP contribution is -2.46. The minimum absolute atomic E-state index is 0.124. The summed E-state index contributed by atoms with van der Waals surface area (Å²) in [4.78, 5) is 12.1. The molecular weight excluding hydrogens is 202 g/mol. The summed E-state index contributed by atoms with van der Waals surface area (Å²) < 4.78 is 5.20. The van der Waals surface area contributed by atoms with E-state index in [0.717, 1.165) is 12.8 Å². The van der Waals surface area contributed by atoms with Crippen molar-refractivity contribution < 1.29 is 9.53 Å². The van der Waals surface area contributed by atoms with Crippen LogP contribution in [0.2, 0.25) is 0 Å². The Labute approximate surface area is 99.7 Å². The zero-order valence-corrected chi connectivity index (χ0v) is 11.4. The van der Waals surface area contributed by atoms with Crippen molar-refractivity contribution >= 4 is 5.97 Å². The van der Waals surface area contributed by atoms with E-state index in [1.54, 1.807) is 0 Å². The third-order valence-corrected chi connectivity index (χ3v) is 3.37. The molecule has 16 heavy (non-hydrogen) atoms. The van der Waals surface area contributed by atoms with Gasteiger partial charge in [-0.05, 0) is 25.2 Å². The van der Waals surface area contributed by atoms with Crippen molar-refractivity contribution in [3.05, 3.63) is 0 Å². The van der Waals surface area contributed by atoms with Crippen molar-refractivity contribution in [2.45, 2.75) is 47.5 Å². The van der Waals surface area contributed by atoms with Gasteiger partial charge < -0.3 is 10.5 Å². The van der Waals surface area contributed by atoms with Crippen LogP contribution in [0.15, 0.2) is 0 Å². The first kappa shape index (κ1) is 15.4. The number of hydrogen-bond acceptors (Lipinski definition) is 3. The highest BCUT2D eigenvalue weighted by molar-refractivity contribution is 5.77. The molecule has 0 aliphatic heterocycles. The van der Waals surface area contributed by atoms with Gasteiger partial charge >= 0.3 is 5.97 Å². The summed E-state index contributed by atoms with van der Waals surface area (Å²) in [6, 6.07) is 0. The minimum Gasteiger partial charge on any atom is -0.466 e. The number of rotatable bonds is 7. The standard InChI is InChI=1S/C13H27NO2/c1-6-11(5)13(9-14,8-10(3)4)12(15)16-7-2/h10-11H,6-9,14H2,1-5H3. The number of ether oxygens (including phenoxy) is 1. The van der Waals surface area contributed by atoms with E-state index in [1.165, 1.54) is 0 Å². The molecule has 2 N–H and O–H groups in total. The predicted octanol–water partition coefficient (Wildman–Crippen LogP) is 2.59. The molecule has 0 saturated heterocycles. The van der Waals surface area contributed by atoms with E-state index in [-0.39, 0.29) is 11.9 Å². The van der Waals surface area contributed by atoms with Crippen LogP contribution in [0.5, 0.6) is 0 Å². The van der Waals surface area contributed by atoms with Gasteiger partial charge in [-0.2, -0.15) is 0 Å². The molecule has 0 heterocycles. The van der Waals surface area contributed by atoms with E-state index in [0.29, 0.717) is 19.1 Å². The van der Waals surface area contributed by atoms with Crippen molar-refractivity contribution in [3.63, 3.8) is 0 Å². The van der Waals surface area contributed by atoms with Crippen molar-refractivity contribution in [3.8, 4) is 0 Å². The van der Waals surface area contributed by atoms with Gasteiger partial charge in [0.15, 0.2) is 0 Å². The van der Waals surface area contributed by atoms with E-state index in [2.05, 4.69) is 27.7 Å². The molecule has 3 nitrogen and oxygen atoms in total. The summed E-state index contributed by atoms with van der Waals surface area (Å²) in [5, 5.41) is 0. The lowest BCUT2D eigenvalue weighted by molar-refractivity contribution is -0.159. The van der Waals surface area contributed by atoms with Crippen LogP contribution in [0.3, 0.4) is 0 Å². The van der Waals surface area contributed by atoms with Crippen LogP contribution in [0, 0.1) is 17.3 Å². The second kappa shape index (κ2) is 6.89. The maximum Gasteiger partial charge on any atom is 0.313 e. The quantitative estimate of drug-likeness (QED) is 0.683. The average molecular weight is 229 g/mol. The van der Waals surface area contributed by atoms with E-state index in [4.69, 9.17) is 10.5 Å². The summed E-state index contributed by atoms with van der Waals surface area (Å²) in [5.74, 6) is 0.585. The maximum absolute atomic E-state index is 12.1. The number of carbonyl (C=O) groups is 1. The van der Waals surface area contributed by atoms with Gasteiger partial charge in [-0.15, -0.1) is 0 Å². The predicted molar refractivity (Wildman–Crippen MR) is 67.0 cm³/mol. The topological polar surface area (TPSA) is 52.3 Å². The maximum atomic E-state index is 12.1. The Morgan fingerprint density at radius 2 is 1.88 bits per heavy atom. The third-order valence-electron chi connectivity index (χ3n) is 3.37. The van der Waals surface area contributed by atoms with Crippen LogP contribution in [0.4, 0.5) is 0 Å². The lowest BCUT2D eigenvalue weighted by Gasteiger charge is -2.36. The number of esters is 1. The van der Waals surface area contributed by atoms with Crippen molar-refractivity contribution in [1.82, 2.24) is 0 Å². The summed E-state index contributed by atoms with van der Waals surface area (Å²) in [7, 11) is 0. The Balaban J connectivity index is 5.02. The molecule has 0 amide bonds. The van der Waals surface area contributed by atoms with Crippen LogP contribution in [0.1, 0.15) is 47.5 Å². The summed E-state index contributed by atoms with van der Waals surface area (Å²) in [6.07, 6.45) is 1.75. The first-order valence-corrected chi connectivity index (χ1v) is 6.31. The minimum atomic E-state index is -0.501. The molecule has 0 bridgehead atoms. The molecule has 0 aliphatic carbocycles. The molecule has 0 aromatic rings. The molecule has 2 atom stereocenters. The van der Waals surface area contributed by atoms with Gasteiger partial charge in [0.05, 0.1) is 12.0 Å². The molecule has 0 aromatic heterocycles. The Morgan fingerprint density at radius 3 is 2.19 bits per heavy atom. The Morgan fingerprint density at radius 1 is 1.31 bits per heavy atom. The summed E-state index contributed by atoms with van der Waals surface area (Å²) in [6.45, 7) is 11.1. The third kappa shape index (κ3) is 3.48. The van der Waals surface area contributed by atoms with Gasteiger partial charge in [0.2, 0.25) is 0 Å². The molecule has 0 aromatic carbocycles. The molecule has 0 spiro atoms. The van der Waals surface area contributed by atoms with Gasteiger partial charge in [0, 0.05) is 6.54 Å². The molecule has 0 saturated carbocycles. The smallest absolute Gasteiger partial charge is 0.313 e. The van der Waals surface area contributed by atoms with E-state index in [9.17, 15) is 4.79 Å². The van der Waals surface area contributed by atoms with Gasteiger partial charge in [-0.1, -0.05) is 34.1 Å². The summed E-state index contributed by atoms with van der Waals surface area (Å²) >= 11 is 0. The van der Waals surface area contributed by atoms with Gasteiger partial charge in [-0.25, -0.2) is 0 Å². The molecule has 0 rings (SSSR count). The molecule has 3 heteroatoms. The van der Waals surface area contributed by atoms with Crippen LogP contribution < -0.4 is 5.73 Å². The first-order chi connectivity index (χ1) is 7.44. The number of nitrogens with two attached hydrogens (primary N) is 1. The zero-order chi connectivity index (χ0) is 12.8. The molecule has 0 fully saturated rings. The van der Waals surface area contributed by atoms with Crippen LogP contribution in [0.25, 0.3) is 0 Å². The SMILES string of the molecule is CCOC(=O)C(CN)(CC(C)C)C(C)CC. The number of hydrogen-bond donors (Lipinski definition) is 1. The fourth-order valence-corrected chi connectivity index (χ4v) is 2.25. The van der Waals surface area contributed by atoms with E-state index < -0.39 is 5.41 Å². The highest BCUT2D eigenvalue weighted by Crippen LogP contribution is 2.37. The lowest BCUT2D eigenvalue weighted by atomic mass is 9.70. The van der Waals surface area contributed by atoms with Crippen LogP contribution >= 0.6 is 0 Å². The zero-order valence-electron chi connectivity index (χ0n) is 11.4. The Kier molecular flexibility index (Phi) is 6.65. The van der Waals surface area contributed by atoms with Crippen LogP contribution in [-0.4, -0.2) is 19.1 Å². The fraction of sp³-hybridized carbons (Fsp3) is 0.923. The van der Waals surface area contributed by atoms with Crippen molar-refractivity contribution in [2.75, 3.05) is 13.2 Å². The average Bonchev–Trinajstić information content (AvgIpc) is 2.24. The Hall–Kier alpha value is -0.570. The fourth-order valence-electron chi connectivity index (χ4n) is 2.25. The van der Waals surface area contributed by atoms with Crippen molar-refractivity contribution in [1.29, 1.82) is 0 Å². The van der Waals surface area contributed by atoms with Crippen molar-refractivity contribution in [2.24, 2.45) is 23.0 Å². The monoisotopic (exact) mass is 229 g/mol. The summed E-state index contributed by atoms with van der Waals surface area (Å²) in [5.41, 5.74) is 5.36. The molecule has 96 valence electrons. The van der Waals surface area contributed by atoms with E-state index >= 15 is 0 Å². The van der Waals surface area contributed by atoms with E-state index in [1.807, 2.05) is 6.92 Å². The normalized spacial score (nSPS) is 16.9. The second-order valence-corrected chi connectivity index (χ2v) is 4.99. The van der Waals surface area contributed by atoms with Gasteiger partial charge in [0.1, 0.15) is 0 Å². The van der Waals surface area contributed by atoms with Crippen LogP contribution in [-0.2, 0) is 9.53 Å². The molecular formula is C13H27NO2. The molecule has 0 radical (unpaired) electrons.